The number of nitrogens with two attached hydrogens (primary N) is 1. The molecule has 0 heterocycles. The number of Topliss-reactive ketones (excluding diaryl/α,β-unsaturated/α-hetero) is 1. The molecule has 2 aromatic carbocycles. The van der Waals surface area contributed by atoms with E-state index in [1.165, 1.54) is 46.4 Å². The smallest absolute Gasteiger partial charge is 0.341 e. The molecule has 0 saturated carbocycles. The molecule has 0 fully saturated rings. The highest BCUT2D eigenvalue weighted by Gasteiger charge is 2.25. The second-order valence-electron chi connectivity index (χ2n) is 6.01. The zero-order valence-corrected chi connectivity index (χ0v) is 18.3. The number of methoxy groups -OCH3 is 2. The first-order chi connectivity index (χ1) is 14.9. The van der Waals surface area contributed by atoms with Crippen molar-refractivity contribution in [3.63, 3.8) is 0 Å². The SMILES string of the molecule is C/C=C(\C(=O)OCC)C(=O)c1cc(Cc2cccc(OC)c2F)c(OC)cc1F.CN. The lowest BCUT2D eigenvalue weighted by molar-refractivity contribution is -0.138. The number of esters is 1. The van der Waals surface area contributed by atoms with Crippen molar-refractivity contribution in [2.45, 2.75) is 20.3 Å². The molecule has 0 aliphatic heterocycles. The number of ketones is 1. The molecule has 0 unspecified atom stereocenters. The molecule has 0 amide bonds. The van der Waals surface area contributed by atoms with Crippen LogP contribution in [0.5, 0.6) is 11.5 Å². The Balaban J connectivity index is 0.00000233. The standard InChI is InChI=1S/C22H22F2O5.CH5N/c1-5-15(22(26)29-6-2)21(25)16-11-14(19(28-4)12-17(16)23)10-13-8-7-9-18(27-3)20(13)24;1-2/h5,7-9,11-12H,6,10H2,1-4H3;2H2,1H3/b15-5-;. The fourth-order valence-electron chi connectivity index (χ4n) is 2.85. The molecule has 2 N–H and O–H groups in total. The summed E-state index contributed by atoms with van der Waals surface area (Å²) in [6.45, 7) is 3.16. The summed E-state index contributed by atoms with van der Waals surface area (Å²) in [5.41, 5.74) is 4.55. The first-order valence-corrected chi connectivity index (χ1v) is 9.51. The third kappa shape index (κ3) is 6.11. The molecule has 0 aliphatic carbocycles. The van der Waals surface area contributed by atoms with E-state index < -0.39 is 23.4 Å². The molecule has 0 spiro atoms. The van der Waals surface area contributed by atoms with Gasteiger partial charge in [0.1, 0.15) is 17.1 Å². The molecule has 2 aromatic rings. The van der Waals surface area contributed by atoms with Crippen LogP contribution in [-0.4, -0.2) is 39.6 Å². The first-order valence-electron chi connectivity index (χ1n) is 9.51. The van der Waals surface area contributed by atoms with Gasteiger partial charge in [-0.25, -0.2) is 13.6 Å². The van der Waals surface area contributed by atoms with Crippen LogP contribution in [-0.2, 0) is 16.0 Å². The van der Waals surface area contributed by atoms with E-state index in [1.807, 2.05) is 0 Å². The van der Waals surface area contributed by atoms with Gasteiger partial charge in [-0.05, 0) is 44.2 Å². The lowest BCUT2D eigenvalue weighted by Gasteiger charge is -2.14. The van der Waals surface area contributed by atoms with Crippen LogP contribution in [0.15, 0.2) is 42.0 Å². The molecule has 8 heteroatoms. The molecule has 0 aromatic heterocycles. The summed E-state index contributed by atoms with van der Waals surface area (Å²) in [6.07, 6.45) is 1.29. The molecule has 0 radical (unpaired) electrons. The topological polar surface area (TPSA) is 87.9 Å². The minimum atomic E-state index is -0.856. The fourth-order valence-corrected chi connectivity index (χ4v) is 2.85. The van der Waals surface area contributed by atoms with E-state index in [0.29, 0.717) is 5.56 Å². The van der Waals surface area contributed by atoms with Crippen LogP contribution < -0.4 is 15.2 Å². The van der Waals surface area contributed by atoms with Gasteiger partial charge in [-0.2, -0.15) is 0 Å². The summed E-state index contributed by atoms with van der Waals surface area (Å²) in [5, 5.41) is 0. The molecule has 0 saturated heterocycles. The van der Waals surface area contributed by atoms with E-state index in [9.17, 15) is 18.4 Å². The summed E-state index contributed by atoms with van der Waals surface area (Å²) >= 11 is 0. The van der Waals surface area contributed by atoms with Gasteiger partial charge >= 0.3 is 5.97 Å². The highest BCUT2D eigenvalue weighted by atomic mass is 19.1. The van der Waals surface area contributed by atoms with E-state index in [-0.39, 0.29) is 41.2 Å². The number of benzene rings is 2. The molecule has 6 nitrogen and oxygen atoms in total. The van der Waals surface area contributed by atoms with Gasteiger partial charge in [-0.1, -0.05) is 18.2 Å². The Morgan fingerprint density at radius 3 is 2.23 bits per heavy atom. The number of ether oxygens (including phenoxy) is 3. The predicted molar refractivity (Wildman–Crippen MR) is 114 cm³/mol. The van der Waals surface area contributed by atoms with Crippen molar-refractivity contribution in [2.75, 3.05) is 27.9 Å². The summed E-state index contributed by atoms with van der Waals surface area (Å²) in [6, 6.07) is 6.96. The van der Waals surface area contributed by atoms with Crippen molar-refractivity contribution in [1.82, 2.24) is 0 Å². The predicted octanol–water partition coefficient (Wildman–Crippen LogP) is 3.84. The Morgan fingerprint density at radius 1 is 1.03 bits per heavy atom. The van der Waals surface area contributed by atoms with Crippen molar-refractivity contribution < 1.29 is 32.6 Å². The van der Waals surface area contributed by atoms with Crippen LogP contribution in [0.3, 0.4) is 0 Å². The van der Waals surface area contributed by atoms with Crippen molar-refractivity contribution >= 4 is 11.8 Å². The average Bonchev–Trinajstić information content (AvgIpc) is 2.77. The van der Waals surface area contributed by atoms with Crippen LogP contribution in [0.1, 0.15) is 35.3 Å². The number of hydrogen-bond acceptors (Lipinski definition) is 6. The van der Waals surface area contributed by atoms with Gasteiger partial charge in [-0.15, -0.1) is 0 Å². The summed E-state index contributed by atoms with van der Waals surface area (Å²) < 4.78 is 44.1. The normalized spacial score (nSPS) is 10.6. The monoisotopic (exact) mass is 435 g/mol. The largest absolute Gasteiger partial charge is 0.496 e. The van der Waals surface area contributed by atoms with Gasteiger partial charge in [-0.3, -0.25) is 4.79 Å². The van der Waals surface area contributed by atoms with Crippen molar-refractivity contribution in [3.05, 3.63) is 70.3 Å². The molecular weight excluding hydrogens is 408 g/mol. The van der Waals surface area contributed by atoms with Crippen LogP contribution in [0, 0.1) is 11.6 Å². The van der Waals surface area contributed by atoms with E-state index in [1.54, 1.807) is 19.1 Å². The van der Waals surface area contributed by atoms with E-state index in [4.69, 9.17) is 14.2 Å². The number of carbonyl (C=O) groups excluding carboxylic acids is 2. The van der Waals surface area contributed by atoms with Gasteiger partial charge in [0.15, 0.2) is 11.6 Å². The molecule has 2 rings (SSSR count). The highest BCUT2D eigenvalue weighted by Crippen LogP contribution is 2.29. The maximum absolute atomic E-state index is 14.6. The Bertz CT molecular complexity index is 957. The number of allylic oxidation sites excluding steroid dienone is 1. The number of halogens is 2. The van der Waals surface area contributed by atoms with E-state index in [0.717, 1.165) is 6.07 Å². The van der Waals surface area contributed by atoms with Crippen LogP contribution in [0.2, 0.25) is 0 Å². The maximum atomic E-state index is 14.6. The van der Waals surface area contributed by atoms with Crippen molar-refractivity contribution in [1.29, 1.82) is 0 Å². The van der Waals surface area contributed by atoms with E-state index in [2.05, 4.69) is 5.73 Å². The summed E-state index contributed by atoms with van der Waals surface area (Å²) in [5.74, 6) is -2.85. The quantitative estimate of drug-likeness (QED) is 0.223. The number of hydrogen-bond donors (Lipinski definition) is 1. The molecule has 31 heavy (non-hydrogen) atoms. The van der Waals surface area contributed by atoms with Crippen molar-refractivity contribution in [2.24, 2.45) is 5.73 Å². The zero-order chi connectivity index (χ0) is 23.6. The second kappa shape index (κ2) is 12.4. The fraction of sp³-hybridized carbons (Fsp3) is 0.304. The second-order valence-corrected chi connectivity index (χ2v) is 6.01. The van der Waals surface area contributed by atoms with Gasteiger partial charge in [0.2, 0.25) is 5.78 Å². The summed E-state index contributed by atoms with van der Waals surface area (Å²) in [7, 11) is 4.20. The third-order valence-electron chi connectivity index (χ3n) is 4.29. The Hall–Kier alpha value is -3.26. The van der Waals surface area contributed by atoms with Gasteiger partial charge in [0.25, 0.3) is 0 Å². The highest BCUT2D eigenvalue weighted by molar-refractivity contribution is 6.24. The minimum absolute atomic E-state index is 0.0251. The maximum Gasteiger partial charge on any atom is 0.341 e. The molecule has 0 bridgehead atoms. The Labute approximate surface area is 180 Å². The third-order valence-corrected chi connectivity index (χ3v) is 4.29. The van der Waals surface area contributed by atoms with Crippen LogP contribution in [0.25, 0.3) is 0 Å². The number of rotatable bonds is 8. The Morgan fingerprint density at radius 2 is 1.68 bits per heavy atom. The average molecular weight is 435 g/mol. The molecular formula is C23H27F2NO5. The molecule has 0 atom stereocenters. The van der Waals surface area contributed by atoms with Crippen LogP contribution in [0.4, 0.5) is 8.78 Å². The van der Waals surface area contributed by atoms with Gasteiger partial charge in [0, 0.05) is 12.5 Å². The zero-order valence-electron chi connectivity index (χ0n) is 18.3. The molecule has 0 aliphatic rings. The van der Waals surface area contributed by atoms with E-state index >= 15 is 0 Å². The summed E-state index contributed by atoms with van der Waals surface area (Å²) in [4.78, 5) is 24.7. The minimum Gasteiger partial charge on any atom is -0.496 e. The Kier molecular flexibility index (Phi) is 10.3. The van der Waals surface area contributed by atoms with Gasteiger partial charge < -0.3 is 19.9 Å². The lowest BCUT2D eigenvalue weighted by atomic mass is 9.96. The van der Waals surface area contributed by atoms with Crippen molar-refractivity contribution in [3.8, 4) is 11.5 Å². The van der Waals surface area contributed by atoms with Gasteiger partial charge in [0.05, 0.1) is 26.4 Å². The molecule has 168 valence electrons. The number of carbonyl (C=O) groups is 2. The lowest BCUT2D eigenvalue weighted by Crippen LogP contribution is -2.17. The first kappa shape index (κ1) is 25.8. The van der Waals surface area contributed by atoms with Crippen LogP contribution >= 0.6 is 0 Å².